The van der Waals surface area contributed by atoms with E-state index in [0.29, 0.717) is 12.5 Å². The number of likely N-dealkylation sites (tertiary alicyclic amines) is 1. The molecule has 2 saturated heterocycles. The fourth-order valence-corrected chi connectivity index (χ4v) is 3.41. The Hall–Kier alpha value is -0.120. The number of aliphatic hydroxyl groups is 1. The zero-order chi connectivity index (χ0) is 11.4. The molecule has 0 bridgehead atoms. The first-order valence-corrected chi connectivity index (χ1v) is 6.89. The van der Waals surface area contributed by atoms with E-state index in [-0.39, 0.29) is 5.54 Å². The number of piperidine rings is 2. The third kappa shape index (κ3) is 2.41. The Bertz CT molecular complexity index is 206. The first kappa shape index (κ1) is 12.3. The van der Waals surface area contributed by atoms with Crippen LogP contribution < -0.4 is 5.32 Å². The summed E-state index contributed by atoms with van der Waals surface area (Å²) < 4.78 is 0. The Morgan fingerprint density at radius 1 is 1.31 bits per heavy atom. The minimum absolute atomic E-state index is 0.0537. The Kier molecular flexibility index (Phi) is 4.22. The molecule has 1 unspecified atom stereocenters. The van der Waals surface area contributed by atoms with Crippen LogP contribution >= 0.6 is 0 Å². The minimum atomic E-state index is 0.0537. The molecule has 1 atom stereocenters. The van der Waals surface area contributed by atoms with Crippen LogP contribution in [-0.4, -0.2) is 48.3 Å². The molecule has 0 aliphatic carbocycles. The van der Waals surface area contributed by atoms with Gasteiger partial charge < -0.3 is 15.3 Å². The van der Waals surface area contributed by atoms with Crippen molar-refractivity contribution in [1.82, 2.24) is 10.2 Å². The monoisotopic (exact) mass is 226 g/mol. The van der Waals surface area contributed by atoms with Crippen molar-refractivity contribution < 1.29 is 5.11 Å². The van der Waals surface area contributed by atoms with E-state index in [1.807, 2.05) is 0 Å². The summed E-state index contributed by atoms with van der Waals surface area (Å²) in [5.74, 6) is 0.681. The lowest BCUT2D eigenvalue weighted by molar-refractivity contribution is 0.0400. The van der Waals surface area contributed by atoms with Crippen LogP contribution in [0.1, 0.15) is 39.0 Å². The van der Waals surface area contributed by atoms with Gasteiger partial charge in [-0.3, -0.25) is 0 Å². The molecule has 16 heavy (non-hydrogen) atoms. The third-order valence-electron chi connectivity index (χ3n) is 4.63. The molecule has 0 spiro atoms. The second-order valence-corrected chi connectivity index (χ2v) is 5.41. The number of hydrogen-bond donors (Lipinski definition) is 2. The first-order valence-electron chi connectivity index (χ1n) is 6.89. The lowest BCUT2D eigenvalue weighted by atomic mass is 9.73. The van der Waals surface area contributed by atoms with E-state index in [2.05, 4.69) is 17.1 Å². The van der Waals surface area contributed by atoms with Crippen molar-refractivity contribution in [1.29, 1.82) is 0 Å². The second-order valence-electron chi connectivity index (χ2n) is 5.41. The molecule has 0 aromatic heterocycles. The third-order valence-corrected chi connectivity index (χ3v) is 4.63. The maximum Gasteiger partial charge on any atom is 0.0616 e. The van der Waals surface area contributed by atoms with Gasteiger partial charge >= 0.3 is 0 Å². The molecule has 2 aliphatic heterocycles. The van der Waals surface area contributed by atoms with E-state index in [1.54, 1.807) is 0 Å². The molecular weight excluding hydrogens is 200 g/mol. The van der Waals surface area contributed by atoms with Crippen molar-refractivity contribution in [2.45, 2.75) is 44.6 Å². The fraction of sp³-hybridized carbons (Fsp3) is 1.00. The maximum atomic E-state index is 9.74. The molecule has 0 saturated carbocycles. The molecule has 3 nitrogen and oxygen atoms in total. The molecule has 2 fully saturated rings. The molecule has 2 N–H and O–H groups in total. The van der Waals surface area contributed by atoms with Gasteiger partial charge in [0.2, 0.25) is 0 Å². The zero-order valence-corrected chi connectivity index (χ0v) is 10.5. The average molecular weight is 226 g/mol. The summed E-state index contributed by atoms with van der Waals surface area (Å²) in [5.41, 5.74) is 0.0537. The highest BCUT2D eigenvalue weighted by molar-refractivity contribution is 4.98. The van der Waals surface area contributed by atoms with E-state index in [9.17, 15) is 5.11 Å². The molecule has 0 radical (unpaired) electrons. The van der Waals surface area contributed by atoms with Crippen molar-refractivity contribution in [3.8, 4) is 0 Å². The second kappa shape index (κ2) is 5.48. The SMILES string of the molecule is CCN1CCC(C2(CO)CCCCN2)CC1. The van der Waals surface area contributed by atoms with Crippen molar-refractivity contribution in [2.75, 3.05) is 32.8 Å². The summed E-state index contributed by atoms with van der Waals surface area (Å²) in [7, 11) is 0. The van der Waals surface area contributed by atoms with Gasteiger partial charge in [0.05, 0.1) is 6.61 Å². The molecule has 0 aromatic carbocycles. The summed E-state index contributed by atoms with van der Waals surface area (Å²) in [6.45, 7) is 7.25. The zero-order valence-electron chi connectivity index (χ0n) is 10.5. The normalized spacial score (nSPS) is 34.1. The molecule has 3 heteroatoms. The predicted molar refractivity (Wildman–Crippen MR) is 66.5 cm³/mol. The molecule has 2 heterocycles. The standard InChI is InChI=1S/C13H26N2O/c1-2-15-9-5-12(6-10-15)13(11-16)7-3-4-8-14-13/h12,14,16H,2-11H2,1H3. The van der Waals surface area contributed by atoms with Gasteiger partial charge in [0.1, 0.15) is 0 Å². The van der Waals surface area contributed by atoms with Gasteiger partial charge in [0.25, 0.3) is 0 Å². The van der Waals surface area contributed by atoms with Gasteiger partial charge in [-0.2, -0.15) is 0 Å². The van der Waals surface area contributed by atoms with Crippen LogP contribution in [0.2, 0.25) is 0 Å². The largest absolute Gasteiger partial charge is 0.394 e. The Balaban J connectivity index is 1.94. The van der Waals surface area contributed by atoms with Crippen molar-refractivity contribution in [3.63, 3.8) is 0 Å². The summed E-state index contributed by atoms with van der Waals surface area (Å²) in [4.78, 5) is 2.52. The van der Waals surface area contributed by atoms with Gasteiger partial charge in [-0.1, -0.05) is 13.3 Å². The van der Waals surface area contributed by atoms with Gasteiger partial charge in [-0.05, 0) is 57.8 Å². The van der Waals surface area contributed by atoms with Crippen molar-refractivity contribution in [2.24, 2.45) is 5.92 Å². The first-order chi connectivity index (χ1) is 7.80. The Morgan fingerprint density at radius 3 is 2.56 bits per heavy atom. The molecule has 2 aliphatic rings. The number of hydrogen-bond acceptors (Lipinski definition) is 3. The van der Waals surface area contributed by atoms with Crippen LogP contribution in [0, 0.1) is 5.92 Å². The summed E-state index contributed by atoms with van der Waals surface area (Å²) in [6.07, 6.45) is 6.22. The average Bonchev–Trinajstić information content (AvgIpc) is 2.39. The summed E-state index contributed by atoms with van der Waals surface area (Å²) >= 11 is 0. The lowest BCUT2D eigenvalue weighted by Crippen LogP contribution is -2.58. The van der Waals surface area contributed by atoms with Gasteiger partial charge in [-0.25, -0.2) is 0 Å². The quantitative estimate of drug-likeness (QED) is 0.759. The van der Waals surface area contributed by atoms with E-state index in [1.165, 1.54) is 51.7 Å². The Morgan fingerprint density at radius 2 is 2.06 bits per heavy atom. The molecule has 0 amide bonds. The fourth-order valence-electron chi connectivity index (χ4n) is 3.41. The van der Waals surface area contributed by atoms with Crippen LogP contribution in [0.25, 0.3) is 0 Å². The molecule has 94 valence electrons. The number of aliphatic hydroxyl groups excluding tert-OH is 1. The minimum Gasteiger partial charge on any atom is -0.394 e. The van der Waals surface area contributed by atoms with E-state index >= 15 is 0 Å². The summed E-state index contributed by atoms with van der Waals surface area (Å²) in [6, 6.07) is 0. The molecule has 0 aromatic rings. The van der Waals surface area contributed by atoms with E-state index < -0.39 is 0 Å². The lowest BCUT2D eigenvalue weighted by Gasteiger charge is -2.46. The van der Waals surface area contributed by atoms with E-state index in [4.69, 9.17) is 0 Å². The summed E-state index contributed by atoms with van der Waals surface area (Å²) in [5, 5.41) is 13.4. The Labute approximate surface area is 99.2 Å². The highest BCUT2D eigenvalue weighted by atomic mass is 16.3. The molecular formula is C13H26N2O. The van der Waals surface area contributed by atoms with Crippen molar-refractivity contribution >= 4 is 0 Å². The van der Waals surface area contributed by atoms with Gasteiger partial charge in [0, 0.05) is 5.54 Å². The van der Waals surface area contributed by atoms with E-state index in [0.717, 1.165) is 6.54 Å². The number of rotatable bonds is 3. The highest BCUT2D eigenvalue weighted by Gasteiger charge is 2.40. The smallest absolute Gasteiger partial charge is 0.0616 e. The van der Waals surface area contributed by atoms with Crippen molar-refractivity contribution in [3.05, 3.63) is 0 Å². The van der Waals surface area contributed by atoms with Crippen LogP contribution in [-0.2, 0) is 0 Å². The number of nitrogens with one attached hydrogen (secondary N) is 1. The number of nitrogens with zero attached hydrogens (tertiary/aromatic N) is 1. The van der Waals surface area contributed by atoms with Gasteiger partial charge in [-0.15, -0.1) is 0 Å². The van der Waals surface area contributed by atoms with Gasteiger partial charge in [0.15, 0.2) is 0 Å². The predicted octanol–water partition coefficient (Wildman–Crippen LogP) is 1.22. The van der Waals surface area contributed by atoms with Crippen LogP contribution in [0.15, 0.2) is 0 Å². The van der Waals surface area contributed by atoms with Crippen LogP contribution in [0.3, 0.4) is 0 Å². The van der Waals surface area contributed by atoms with Crippen LogP contribution in [0.4, 0.5) is 0 Å². The molecule has 2 rings (SSSR count). The van der Waals surface area contributed by atoms with Crippen LogP contribution in [0.5, 0.6) is 0 Å². The highest BCUT2D eigenvalue weighted by Crippen LogP contribution is 2.34. The maximum absolute atomic E-state index is 9.74. The topological polar surface area (TPSA) is 35.5 Å².